The molecule has 0 atom stereocenters. The van der Waals surface area contributed by atoms with E-state index in [9.17, 15) is 4.39 Å². The predicted octanol–water partition coefficient (Wildman–Crippen LogP) is 4.81. The topological polar surface area (TPSA) is 61.0 Å². The minimum Gasteiger partial charge on any atom is -0.453 e. The lowest BCUT2D eigenvalue weighted by molar-refractivity contribution is 0.448. The third-order valence-electron chi connectivity index (χ3n) is 3.80. The molecule has 0 aliphatic carbocycles. The first-order chi connectivity index (χ1) is 12.2. The maximum Gasteiger partial charge on any atom is 0.221 e. The highest BCUT2D eigenvalue weighted by molar-refractivity contribution is 5.98. The normalized spacial score (nSPS) is 10.8. The van der Waals surface area contributed by atoms with Crippen LogP contribution in [-0.4, -0.2) is 9.97 Å². The number of hydrogen-bond donors (Lipinski definition) is 1. The Bertz CT molecular complexity index is 1040. The minimum atomic E-state index is -0.484. The number of para-hydroxylation sites is 1. The van der Waals surface area contributed by atoms with Gasteiger partial charge in [0.2, 0.25) is 5.95 Å². The molecule has 122 valence electrons. The fourth-order valence-corrected chi connectivity index (χ4v) is 2.70. The molecule has 0 unspecified atom stereocenters. The Balaban J connectivity index is 2.00. The fraction of sp³-hybridized carbons (Fsp3) is 0. The molecule has 0 amide bonds. The molecule has 2 N–H and O–H groups in total. The number of aromatic nitrogens is 2. The van der Waals surface area contributed by atoms with Gasteiger partial charge in [0.15, 0.2) is 11.6 Å². The van der Waals surface area contributed by atoms with Crippen molar-refractivity contribution in [2.24, 2.45) is 0 Å². The van der Waals surface area contributed by atoms with E-state index in [-0.39, 0.29) is 11.7 Å². The molecule has 0 aliphatic heterocycles. The number of rotatable bonds is 3. The van der Waals surface area contributed by atoms with E-state index < -0.39 is 5.82 Å². The van der Waals surface area contributed by atoms with E-state index in [1.54, 1.807) is 18.2 Å². The van der Waals surface area contributed by atoms with Crippen LogP contribution < -0.4 is 10.5 Å². The minimum absolute atomic E-state index is 0.0857. The van der Waals surface area contributed by atoms with Gasteiger partial charge in [-0.05, 0) is 24.3 Å². The van der Waals surface area contributed by atoms with Crippen LogP contribution in [0.25, 0.3) is 22.2 Å². The third kappa shape index (κ3) is 2.87. The van der Waals surface area contributed by atoms with Crippen molar-refractivity contribution >= 4 is 16.9 Å². The second-order valence-electron chi connectivity index (χ2n) is 5.48. The molecule has 0 fully saturated rings. The van der Waals surface area contributed by atoms with Crippen LogP contribution in [-0.2, 0) is 0 Å². The van der Waals surface area contributed by atoms with Crippen molar-refractivity contribution in [1.29, 1.82) is 0 Å². The molecule has 0 aliphatic rings. The first-order valence-corrected chi connectivity index (χ1v) is 7.76. The number of benzene rings is 3. The van der Waals surface area contributed by atoms with Gasteiger partial charge in [0.1, 0.15) is 5.75 Å². The molecule has 25 heavy (non-hydrogen) atoms. The summed E-state index contributed by atoms with van der Waals surface area (Å²) in [5, 5.41) is 0.490. The number of nitrogens with two attached hydrogens (primary N) is 1. The molecular formula is C20H14FN3O. The van der Waals surface area contributed by atoms with E-state index in [0.717, 1.165) is 5.56 Å². The highest BCUT2D eigenvalue weighted by Gasteiger charge is 2.18. The maximum atomic E-state index is 14.6. The Labute approximate surface area is 143 Å². The quantitative estimate of drug-likeness (QED) is 0.585. The van der Waals surface area contributed by atoms with Crippen molar-refractivity contribution in [2.75, 3.05) is 5.73 Å². The lowest BCUT2D eigenvalue weighted by atomic mass is 10.1. The van der Waals surface area contributed by atoms with E-state index in [4.69, 9.17) is 10.5 Å². The lowest BCUT2D eigenvalue weighted by Gasteiger charge is -2.13. The molecule has 5 heteroatoms. The van der Waals surface area contributed by atoms with Crippen molar-refractivity contribution in [3.05, 3.63) is 78.6 Å². The molecule has 0 bridgehead atoms. The van der Waals surface area contributed by atoms with Gasteiger partial charge in [-0.25, -0.2) is 14.4 Å². The van der Waals surface area contributed by atoms with Crippen LogP contribution in [0.3, 0.4) is 0 Å². The molecule has 1 aromatic heterocycles. The molecule has 0 spiro atoms. The zero-order valence-electron chi connectivity index (χ0n) is 13.2. The van der Waals surface area contributed by atoms with Crippen LogP contribution in [0.1, 0.15) is 0 Å². The molecule has 0 saturated carbocycles. The Morgan fingerprint density at radius 2 is 1.48 bits per heavy atom. The zero-order chi connectivity index (χ0) is 17.2. The van der Waals surface area contributed by atoms with E-state index in [0.29, 0.717) is 22.3 Å². The van der Waals surface area contributed by atoms with E-state index in [1.165, 1.54) is 6.07 Å². The average Bonchev–Trinajstić information content (AvgIpc) is 2.65. The van der Waals surface area contributed by atoms with Crippen molar-refractivity contribution in [3.8, 4) is 22.8 Å². The van der Waals surface area contributed by atoms with Crippen molar-refractivity contribution in [3.63, 3.8) is 0 Å². The number of nitrogen functional groups attached to an aromatic ring is 1. The molecule has 4 nitrogen and oxygen atoms in total. The SMILES string of the molecule is Nc1nc(-c2ccccc2)c2c(Oc3ccccc3)c(F)ccc2n1. The molecule has 3 aromatic carbocycles. The Morgan fingerprint density at radius 3 is 2.20 bits per heavy atom. The van der Waals surface area contributed by atoms with Gasteiger partial charge in [-0.15, -0.1) is 0 Å². The van der Waals surface area contributed by atoms with Crippen LogP contribution in [0.15, 0.2) is 72.8 Å². The summed E-state index contributed by atoms with van der Waals surface area (Å²) in [6.07, 6.45) is 0. The number of nitrogens with zero attached hydrogens (tertiary/aromatic N) is 2. The Hall–Kier alpha value is -3.47. The summed E-state index contributed by atoms with van der Waals surface area (Å²) >= 11 is 0. The first kappa shape index (κ1) is 15.1. The number of ether oxygens (including phenoxy) is 1. The van der Waals surface area contributed by atoms with Gasteiger partial charge < -0.3 is 10.5 Å². The highest BCUT2D eigenvalue weighted by atomic mass is 19.1. The van der Waals surface area contributed by atoms with Gasteiger partial charge in [0.05, 0.1) is 16.6 Å². The van der Waals surface area contributed by atoms with Crippen molar-refractivity contribution < 1.29 is 9.13 Å². The standard InChI is InChI=1S/C20H14FN3O/c21-15-11-12-16-17(19(15)25-14-9-5-2-6-10-14)18(24-20(22)23-16)13-7-3-1-4-8-13/h1-12H,(H2,22,23,24). The molecular weight excluding hydrogens is 317 g/mol. The smallest absolute Gasteiger partial charge is 0.221 e. The van der Waals surface area contributed by atoms with E-state index in [2.05, 4.69) is 9.97 Å². The van der Waals surface area contributed by atoms with Gasteiger partial charge >= 0.3 is 0 Å². The van der Waals surface area contributed by atoms with Crippen LogP contribution in [0.4, 0.5) is 10.3 Å². The second-order valence-corrected chi connectivity index (χ2v) is 5.48. The molecule has 0 saturated heterocycles. The molecule has 4 rings (SSSR count). The number of fused-ring (bicyclic) bond motifs is 1. The molecule has 1 heterocycles. The molecule has 4 aromatic rings. The van der Waals surface area contributed by atoms with Gasteiger partial charge in [0, 0.05) is 5.56 Å². The van der Waals surface area contributed by atoms with Crippen molar-refractivity contribution in [2.45, 2.75) is 0 Å². The zero-order valence-corrected chi connectivity index (χ0v) is 13.2. The van der Waals surface area contributed by atoms with Gasteiger partial charge in [-0.2, -0.15) is 0 Å². The first-order valence-electron chi connectivity index (χ1n) is 7.76. The Kier molecular flexibility index (Phi) is 3.74. The largest absolute Gasteiger partial charge is 0.453 e. The summed E-state index contributed by atoms with van der Waals surface area (Å²) in [6, 6.07) is 21.4. The summed E-state index contributed by atoms with van der Waals surface area (Å²) in [4.78, 5) is 8.56. The predicted molar refractivity (Wildman–Crippen MR) is 95.9 cm³/mol. The summed E-state index contributed by atoms with van der Waals surface area (Å²) in [7, 11) is 0. The maximum absolute atomic E-state index is 14.6. The van der Waals surface area contributed by atoms with Gasteiger partial charge in [-0.1, -0.05) is 48.5 Å². The monoisotopic (exact) mass is 331 g/mol. The fourth-order valence-electron chi connectivity index (χ4n) is 2.70. The van der Waals surface area contributed by atoms with Gasteiger partial charge in [0.25, 0.3) is 0 Å². The van der Waals surface area contributed by atoms with Crippen LogP contribution in [0.5, 0.6) is 11.5 Å². The average molecular weight is 331 g/mol. The van der Waals surface area contributed by atoms with Crippen LogP contribution in [0, 0.1) is 5.82 Å². The highest BCUT2D eigenvalue weighted by Crippen LogP contribution is 2.37. The Morgan fingerprint density at radius 1 is 0.800 bits per heavy atom. The van der Waals surface area contributed by atoms with E-state index in [1.807, 2.05) is 48.5 Å². The second kappa shape index (κ2) is 6.20. The summed E-state index contributed by atoms with van der Waals surface area (Å²) in [5.41, 5.74) is 7.72. The number of halogens is 1. The molecule has 0 radical (unpaired) electrons. The van der Waals surface area contributed by atoms with Crippen molar-refractivity contribution in [1.82, 2.24) is 9.97 Å². The van der Waals surface area contributed by atoms with E-state index >= 15 is 0 Å². The summed E-state index contributed by atoms with van der Waals surface area (Å²) in [5.74, 6) is 0.262. The summed E-state index contributed by atoms with van der Waals surface area (Å²) < 4.78 is 20.4. The van der Waals surface area contributed by atoms with Crippen LogP contribution in [0.2, 0.25) is 0 Å². The lowest BCUT2D eigenvalue weighted by Crippen LogP contribution is -2.00. The van der Waals surface area contributed by atoms with Crippen LogP contribution >= 0.6 is 0 Å². The number of hydrogen-bond acceptors (Lipinski definition) is 4. The third-order valence-corrected chi connectivity index (χ3v) is 3.80. The number of anilines is 1. The summed E-state index contributed by atoms with van der Waals surface area (Å²) in [6.45, 7) is 0. The van der Waals surface area contributed by atoms with Gasteiger partial charge in [-0.3, -0.25) is 0 Å².